The van der Waals surface area contributed by atoms with E-state index in [2.05, 4.69) is 22.1 Å². The van der Waals surface area contributed by atoms with E-state index in [1.54, 1.807) is 18.3 Å². The Morgan fingerprint density at radius 1 is 1.31 bits per heavy atom. The number of ether oxygens (including phenoxy) is 1. The van der Waals surface area contributed by atoms with Gasteiger partial charge >= 0.3 is 0 Å². The van der Waals surface area contributed by atoms with E-state index in [9.17, 15) is 4.79 Å². The van der Waals surface area contributed by atoms with Gasteiger partial charge in [-0.2, -0.15) is 0 Å². The van der Waals surface area contributed by atoms with Crippen molar-refractivity contribution in [3.63, 3.8) is 0 Å². The van der Waals surface area contributed by atoms with Crippen LogP contribution in [0.1, 0.15) is 36.5 Å². The summed E-state index contributed by atoms with van der Waals surface area (Å²) in [4.78, 5) is 19.0. The molecular weight excluding hydrogens is 328 g/mol. The molecule has 3 N–H and O–H groups in total. The first-order chi connectivity index (χ1) is 12.7. The number of hydrogen-bond donors (Lipinski definition) is 2. The third-order valence-electron chi connectivity index (χ3n) is 4.44. The number of benzene rings is 1. The number of amides is 1. The molecule has 1 unspecified atom stereocenters. The Balaban J connectivity index is 1.55. The lowest BCUT2D eigenvalue weighted by Crippen LogP contribution is -2.26. The van der Waals surface area contributed by atoms with Gasteiger partial charge in [-0.1, -0.05) is 13.3 Å². The minimum atomic E-state index is -0.164. The van der Waals surface area contributed by atoms with Crippen molar-refractivity contribution in [2.75, 3.05) is 29.9 Å². The molecule has 138 valence electrons. The number of carbonyl (C=O) groups excluding carboxylic acids is 1. The molecule has 1 aliphatic heterocycles. The molecule has 3 rings (SSSR count). The Morgan fingerprint density at radius 3 is 2.73 bits per heavy atom. The van der Waals surface area contributed by atoms with Crippen molar-refractivity contribution in [3.05, 3.63) is 48.2 Å². The summed E-state index contributed by atoms with van der Waals surface area (Å²) in [5.74, 6) is 1.51. The Kier molecular flexibility index (Phi) is 6.07. The van der Waals surface area contributed by atoms with Gasteiger partial charge in [0, 0.05) is 24.7 Å². The Morgan fingerprint density at radius 2 is 2.12 bits per heavy atom. The summed E-state index contributed by atoms with van der Waals surface area (Å²) in [6, 6.07) is 11.2. The molecule has 1 amide bonds. The summed E-state index contributed by atoms with van der Waals surface area (Å²) in [6.07, 6.45) is 4.78. The van der Waals surface area contributed by atoms with Crippen molar-refractivity contribution >= 4 is 17.4 Å². The molecule has 2 aromatic rings. The van der Waals surface area contributed by atoms with Crippen molar-refractivity contribution in [2.45, 2.75) is 32.2 Å². The van der Waals surface area contributed by atoms with Crippen molar-refractivity contribution in [1.82, 2.24) is 4.98 Å². The van der Waals surface area contributed by atoms with Gasteiger partial charge in [-0.05, 0) is 49.2 Å². The minimum Gasteiger partial charge on any atom is -0.494 e. The third kappa shape index (κ3) is 4.73. The van der Waals surface area contributed by atoms with Gasteiger partial charge in [-0.15, -0.1) is 0 Å². The number of nitrogens with two attached hydrogens (primary N) is 1. The number of unbranched alkanes of at least 4 members (excludes halogenated alkanes) is 1. The molecule has 1 aromatic heterocycles. The molecule has 1 aromatic carbocycles. The fourth-order valence-corrected chi connectivity index (χ4v) is 2.88. The number of carbonyl (C=O) groups is 1. The largest absolute Gasteiger partial charge is 0.494 e. The molecule has 6 heteroatoms. The zero-order chi connectivity index (χ0) is 18.4. The molecule has 1 aliphatic rings. The van der Waals surface area contributed by atoms with E-state index < -0.39 is 0 Å². The number of rotatable bonds is 7. The van der Waals surface area contributed by atoms with Crippen molar-refractivity contribution < 1.29 is 9.53 Å². The second-order valence-electron chi connectivity index (χ2n) is 6.58. The fraction of sp³-hybridized carbons (Fsp3) is 0.400. The number of nitrogens with zero attached hydrogens (tertiary/aromatic N) is 2. The zero-order valence-corrected chi connectivity index (χ0v) is 15.1. The smallest absolute Gasteiger partial charge is 0.255 e. The van der Waals surface area contributed by atoms with Gasteiger partial charge in [-0.25, -0.2) is 4.98 Å². The van der Waals surface area contributed by atoms with Crippen LogP contribution in [0.2, 0.25) is 0 Å². The molecule has 1 atom stereocenters. The fourth-order valence-electron chi connectivity index (χ4n) is 2.88. The Hall–Kier alpha value is -2.60. The van der Waals surface area contributed by atoms with Crippen molar-refractivity contribution in [2.24, 2.45) is 5.73 Å². The van der Waals surface area contributed by atoms with Crippen LogP contribution in [0.4, 0.5) is 11.5 Å². The van der Waals surface area contributed by atoms with E-state index in [0.717, 1.165) is 43.9 Å². The summed E-state index contributed by atoms with van der Waals surface area (Å²) in [5.41, 5.74) is 7.19. The highest BCUT2D eigenvalue weighted by Gasteiger charge is 2.20. The Labute approximate surface area is 154 Å². The van der Waals surface area contributed by atoms with Crippen molar-refractivity contribution in [1.29, 1.82) is 0 Å². The highest BCUT2D eigenvalue weighted by molar-refractivity contribution is 6.04. The van der Waals surface area contributed by atoms with Crippen LogP contribution in [0, 0.1) is 0 Å². The van der Waals surface area contributed by atoms with Crippen LogP contribution in [0.15, 0.2) is 42.6 Å². The molecule has 1 fully saturated rings. The summed E-state index contributed by atoms with van der Waals surface area (Å²) < 4.78 is 5.61. The SMILES string of the molecule is CCCCOc1ccc(C(=O)Nc2ccc(N3CCC(N)C3)nc2)cc1. The first kappa shape index (κ1) is 18.2. The molecule has 26 heavy (non-hydrogen) atoms. The first-order valence-corrected chi connectivity index (χ1v) is 9.16. The Bertz CT molecular complexity index is 716. The van der Waals surface area contributed by atoms with E-state index in [0.29, 0.717) is 17.9 Å². The minimum absolute atomic E-state index is 0.164. The average Bonchev–Trinajstić information content (AvgIpc) is 3.09. The predicted octanol–water partition coefficient (Wildman–Crippen LogP) is 3.05. The van der Waals surface area contributed by atoms with Gasteiger partial charge in [0.1, 0.15) is 11.6 Å². The number of anilines is 2. The molecule has 0 aliphatic carbocycles. The van der Waals surface area contributed by atoms with E-state index in [-0.39, 0.29) is 11.9 Å². The van der Waals surface area contributed by atoms with Gasteiger partial charge in [0.05, 0.1) is 18.5 Å². The summed E-state index contributed by atoms with van der Waals surface area (Å²) in [5, 5.41) is 2.87. The molecule has 0 bridgehead atoms. The molecule has 0 spiro atoms. The maximum atomic E-state index is 12.4. The normalized spacial score (nSPS) is 16.5. The van der Waals surface area contributed by atoms with Gasteiger partial charge in [0.2, 0.25) is 0 Å². The topological polar surface area (TPSA) is 80.5 Å². The monoisotopic (exact) mass is 354 g/mol. The second-order valence-corrected chi connectivity index (χ2v) is 6.58. The first-order valence-electron chi connectivity index (χ1n) is 9.16. The van der Waals surface area contributed by atoms with Crippen molar-refractivity contribution in [3.8, 4) is 5.75 Å². The lowest BCUT2D eigenvalue weighted by atomic mass is 10.2. The maximum Gasteiger partial charge on any atom is 0.255 e. The molecule has 0 saturated carbocycles. The molecule has 2 heterocycles. The van der Waals surface area contributed by atoms with E-state index in [1.807, 2.05) is 24.3 Å². The van der Waals surface area contributed by atoms with Gasteiger partial charge in [0.15, 0.2) is 0 Å². The van der Waals surface area contributed by atoms with E-state index >= 15 is 0 Å². The van der Waals surface area contributed by atoms with Crippen LogP contribution < -0.4 is 20.7 Å². The van der Waals surface area contributed by atoms with Crippen LogP contribution in [-0.4, -0.2) is 36.6 Å². The standard InChI is InChI=1S/C20H26N4O2/c1-2-3-12-26-18-7-4-15(5-8-18)20(25)23-17-6-9-19(22-13-17)24-11-10-16(21)14-24/h4-9,13,16H,2-3,10-12,14,21H2,1H3,(H,23,25). The molecule has 0 radical (unpaired) electrons. The number of nitrogens with one attached hydrogen (secondary N) is 1. The summed E-state index contributed by atoms with van der Waals surface area (Å²) in [6.45, 7) is 4.57. The third-order valence-corrected chi connectivity index (χ3v) is 4.44. The summed E-state index contributed by atoms with van der Waals surface area (Å²) in [7, 11) is 0. The summed E-state index contributed by atoms with van der Waals surface area (Å²) >= 11 is 0. The quantitative estimate of drug-likeness (QED) is 0.747. The second kappa shape index (κ2) is 8.67. The average molecular weight is 354 g/mol. The van der Waals surface area contributed by atoms with Gasteiger partial charge < -0.3 is 20.7 Å². The van der Waals surface area contributed by atoms with Gasteiger partial charge in [0.25, 0.3) is 5.91 Å². The maximum absolute atomic E-state index is 12.4. The predicted molar refractivity (Wildman–Crippen MR) is 104 cm³/mol. The lowest BCUT2D eigenvalue weighted by molar-refractivity contribution is 0.102. The molecule has 6 nitrogen and oxygen atoms in total. The number of hydrogen-bond acceptors (Lipinski definition) is 5. The van der Waals surface area contributed by atoms with Crippen LogP contribution in [0.5, 0.6) is 5.75 Å². The highest BCUT2D eigenvalue weighted by Crippen LogP contribution is 2.19. The zero-order valence-electron chi connectivity index (χ0n) is 15.1. The number of pyridine rings is 1. The molecular formula is C20H26N4O2. The van der Waals surface area contributed by atoms with E-state index in [1.165, 1.54) is 0 Å². The van der Waals surface area contributed by atoms with Crippen LogP contribution in [-0.2, 0) is 0 Å². The number of aromatic nitrogens is 1. The lowest BCUT2D eigenvalue weighted by Gasteiger charge is -2.17. The van der Waals surface area contributed by atoms with Crippen LogP contribution >= 0.6 is 0 Å². The van der Waals surface area contributed by atoms with Crippen LogP contribution in [0.3, 0.4) is 0 Å². The molecule has 1 saturated heterocycles. The highest BCUT2D eigenvalue weighted by atomic mass is 16.5. The van der Waals surface area contributed by atoms with Crippen LogP contribution in [0.25, 0.3) is 0 Å². The van der Waals surface area contributed by atoms with E-state index in [4.69, 9.17) is 10.5 Å². The van der Waals surface area contributed by atoms with Gasteiger partial charge in [-0.3, -0.25) is 4.79 Å².